The van der Waals surface area contributed by atoms with Crippen molar-refractivity contribution in [3.05, 3.63) is 0 Å². The van der Waals surface area contributed by atoms with Crippen LogP contribution in [0.25, 0.3) is 0 Å². The smallest absolute Gasteiger partial charge is 0.0603 e. The van der Waals surface area contributed by atoms with Crippen LogP contribution >= 0.6 is 0 Å². The van der Waals surface area contributed by atoms with E-state index in [-0.39, 0.29) is 0 Å². The van der Waals surface area contributed by atoms with E-state index < -0.39 is 0 Å². The van der Waals surface area contributed by atoms with E-state index in [9.17, 15) is 0 Å². The lowest BCUT2D eigenvalue weighted by atomic mass is 9.84. The summed E-state index contributed by atoms with van der Waals surface area (Å²) in [5.41, 5.74) is 0. The second kappa shape index (κ2) is 6.76. The number of nitrogens with zero attached hydrogens (tertiary/aromatic N) is 2. The zero-order valence-corrected chi connectivity index (χ0v) is 13.4. The first kappa shape index (κ1) is 14.8. The molecule has 3 heteroatoms. The molecule has 0 spiro atoms. The highest BCUT2D eigenvalue weighted by atomic mass is 16.5. The number of likely N-dealkylation sites (tertiary alicyclic amines) is 2. The van der Waals surface area contributed by atoms with Gasteiger partial charge in [-0.15, -0.1) is 0 Å². The third-order valence-corrected chi connectivity index (χ3v) is 5.60. The molecule has 116 valence electrons. The van der Waals surface area contributed by atoms with Crippen LogP contribution in [0.1, 0.15) is 45.4 Å². The molecule has 20 heavy (non-hydrogen) atoms. The van der Waals surface area contributed by atoms with Crippen LogP contribution in [0.3, 0.4) is 0 Å². The van der Waals surface area contributed by atoms with Crippen LogP contribution in [0.4, 0.5) is 0 Å². The van der Waals surface area contributed by atoms with E-state index in [0.29, 0.717) is 12.2 Å². The van der Waals surface area contributed by atoms with Crippen LogP contribution in [-0.2, 0) is 4.74 Å². The Morgan fingerprint density at radius 3 is 2.15 bits per heavy atom. The average Bonchev–Trinajstić information content (AvgIpc) is 2.42. The van der Waals surface area contributed by atoms with Crippen molar-refractivity contribution in [2.24, 2.45) is 11.8 Å². The predicted octanol–water partition coefficient (Wildman–Crippen LogP) is 2.61. The molecule has 0 unspecified atom stereocenters. The van der Waals surface area contributed by atoms with Crippen LogP contribution in [0.2, 0.25) is 0 Å². The SMILES string of the molecule is CC1CC(OC2CCN(CC3CCN(C)CC3)CC2)C1. The molecule has 2 aliphatic heterocycles. The van der Waals surface area contributed by atoms with E-state index in [2.05, 4.69) is 23.8 Å². The van der Waals surface area contributed by atoms with Gasteiger partial charge in [-0.25, -0.2) is 0 Å². The zero-order valence-electron chi connectivity index (χ0n) is 13.4. The zero-order chi connectivity index (χ0) is 13.9. The maximum Gasteiger partial charge on any atom is 0.0603 e. The Bertz CT molecular complexity index is 287. The van der Waals surface area contributed by atoms with Crippen LogP contribution in [0, 0.1) is 11.8 Å². The molecule has 0 aromatic heterocycles. The Morgan fingerprint density at radius 1 is 0.900 bits per heavy atom. The maximum absolute atomic E-state index is 6.22. The topological polar surface area (TPSA) is 15.7 Å². The maximum atomic E-state index is 6.22. The molecule has 3 nitrogen and oxygen atoms in total. The van der Waals surface area contributed by atoms with Gasteiger partial charge in [-0.05, 0) is 70.5 Å². The second-order valence-electron chi connectivity index (χ2n) is 7.58. The molecular weight excluding hydrogens is 248 g/mol. The normalized spacial score (nSPS) is 35.1. The van der Waals surface area contributed by atoms with E-state index in [1.54, 1.807) is 0 Å². The molecule has 0 aromatic carbocycles. The van der Waals surface area contributed by atoms with Crippen molar-refractivity contribution in [2.75, 3.05) is 39.8 Å². The Morgan fingerprint density at radius 2 is 1.55 bits per heavy atom. The molecule has 1 aliphatic carbocycles. The first-order chi connectivity index (χ1) is 9.69. The van der Waals surface area contributed by atoms with Crippen LogP contribution in [0.5, 0.6) is 0 Å². The molecule has 3 rings (SSSR count). The highest BCUT2D eigenvalue weighted by molar-refractivity contribution is 4.82. The first-order valence-electron chi connectivity index (χ1n) is 8.75. The van der Waals surface area contributed by atoms with Crippen molar-refractivity contribution >= 4 is 0 Å². The monoisotopic (exact) mass is 280 g/mol. The van der Waals surface area contributed by atoms with Crippen molar-refractivity contribution in [1.82, 2.24) is 9.80 Å². The number of hydrogen-bond donors (Lipinski definition) is 0. The summed E-state index contributed by atoms with van der Waals surface area (Å²) in [4.78, 5) is 5.16. The average molecular weight is 280 g/mol. The summed E-state index contributed by atoms with van der Waals surface area (Å²) in [5, 5.41) is 0. The van der Waals surface area contributed by atoms with Gasteiger partial charge in [0.05, 0.1) is 12.2 Å². The van der Waals surface area contributed by atoms with Gasteiger partial charge in [-0.2, -0.15) is 0 Å². The highest BCUT2D eigenvalue weighted by Crippen LogP contribution is 2.32. The summed E-state index contributed by atoms with van der Waals surface area (Å²) >= 11 is 0. The molecule has 0 bridgehead atoms. The van der Waals surface area contributed by atoms with Crippen molar-refractivity contribution in [3.8, 4) is 0 Å². The summed E-state index contributed by atoms with van der Waals surface area (Å²) in [6, 6.07) is 0. The van der Waals surface area contributed by atoms with E-state index in [1.165, 1.54) is 71.2 Å². The highest BCUT2D eigenvalue weighted by Gasteiger charge is 2.30. The van der Waals surface area contributed by atoms with Crippen molar-refractivity contribution < 1.29 is 4.74 Å². The third kappa shape index (κ3) is 3.96. The van der Waals surface area contributed by atoms with Gasteiger partial charge >= 0.3 is 0 Å². The van der Waals surface area contributed by atoms with E-state index >= 15 is 0 Å². The molecule has 3 fully saturated rings. The molecule has 2 heterocycles. The van der Waals surface area contributed by atoms with Crippen molar-refractivity contribution in [1.29, 1.82) is 0 Å². The molecule has 0 radical (unpaired) electrons. The van der Waals surface area contributed by atoms with E-state index in [1.807, 2.05) is 0 Å². The third-order valence-electron chi connectivity index (χ3n) is 5.60. The minimum Gasteiger partial charge on any atom is -0.375 e. The van der Waals surface area contributed by atoms with Gasteiger partial charge in [-0.3, -0.25) is 0 Å². The van der Waals surface area contributed by atoms with E-state index in [0.717, 1.165) is 11.8 Å². The number of ether oxygens (including phenoxy) is 1. The van der Waals surface area contributed by atoms with Gasteiger partial charge in [-0.1, -0.05) is 6.92 Å². The largest absolute Gasteiger partial charge is 0.375 e. The van der Waals surface area contributed by atoms with Crippen LogP contribution in [0.15, 0.2) is 0 Å². The number of rotatable bonds is 4. The quantitative estimate of drug-likeness (QED) is 0.787. The van der Waals surface area contributed by atoms with Crippen molar-refractivity contribution in [2.45, 2.75) is 57.7 Å². The summed E-state index contributed by atoms with van der Waals surface area (Å²) < 4.78 is 6.22. The van der Waals surface area contributed by atoms with Crippen molar-refractivity contribution in [3.63, 3.8) is 0 Å². The van der Waals surface area contributed by atoms with Gasteiger partial charge in [0.15, 0.2) is 0 Å². The van der Waals surface area contributed by atoms with Gasteiger partial charge in [0, 0.05) is 19.6 Å². The Labute approximate surface area is 124 Å². The molecule has 0 aromatic rings. The minimum absolute atomic E-state index is 0.557. The Kier molecular flexibility index (Phi) is 5.00. The summed E-state index contributed by atoms with van der Waals surface area (Å²) in [6.07, 6.45) is 9.07. The fourth-order valence-corrected chi connectivity index (χ4v) is 4.05. The van der Waals surface area contributed by atoms with E-state index in [4.69, 9.17) is 4.74 Å². The summed E-state index contributed by atoms with van der Waals surface area (Å²) in [5.74, 6) is 1.85. The van der Waals surface area contributed by atoms with Gasteiger partial charge in [0.1, 0.15) is 0 Å². The first-order valence-corrected chi connectivity index (χ1v) is 8.75. The molecular formula is C17H32N2O. The van der Waals surface area contributed by atoms with Gasteiger partial charge < -0.3 is 14.5 Å². The number of hydrogen-bond acceptors (Lipinski definition) is 3. The Balaban J connectivity index is 1.32. The molecule has 0 N–H and O–H groups in total. The molecule has 1 saturated carbocycles. The lowest BCUT2D eigenvalue weighted by Gasteiger charge is -2.40. The lowest BCUT2D eigenvalue weighted by Crippen LogP contribution is -2.44. The standard InChI is InChI=1S/C17H32N2O/c1-14-11-17(12-14)20-16-5-9-19(10-6-16)13-15-3-7-18(2)8-4-15/h14-17H,3-13H2,1-2H3. The summed E-state index contributed by atoms with van der Waals surface area (Å²) in [7, 11) is 2.25. The lowest BCUT2D eigenvalue weighted by molar-refractivity contribution is -0.0915. The Hall–Kier alpha value is -0.120. The molecule has 2 saturated heterocycles. The van der Waals surface area contributed by atoms with Gasteiger partial charge in [0.2, 0.25) is 0 Å². The fourth-order valence-electron chi connectivity index (χ4n) is 4.05. The molecule has 0 atom stereocenters. The summed E-state index contributed by atoms with van der Waals surface area (Å²) in [6.45, 7) is 8.79. The van der Waals surface area contributed by atoms with Gasteiger partial charge in [0.25, 0.3) is 0 Å². The number of piperidine rings is 2. The van der Waals surface area contributed by atoms with Crippen LogP contribution in [-0.4, -0.2) is 61.8 Å². The predicted molar refractivity (Wildman–Crippen MR) is 83.0 cm³/mol. The van der Waals surface area contributed by atoms with Crippen LogP contribution < -0.4 is 0 Å². The molecule has 0 amide bonds. The second-order valence-corrected chi connectivity index (χ2v) is 7.58. The molecule has 3 aliphatic rings. The fraction of sp³-hybridized carbons (Fsp3) is 1.00. The minimum atomic E-state index is 0.557.